The molecule has 0 saturated heterocycles. The molecule has 0 unspecified atom stereocenters. The normalized spacial score (nSPS) is 10.1. The highest BCUT2D eigenvalue weighted by atomic mass is 16.5. The molecule has 1 aromatic carbocycles. The molecule has 21 heavy (non-hydrogen) atoms. The van der Waals surface area contributed by atoms with E-state index in [9.17, 15) is 9.59 Å². The number of ether oxygens (including phenoxy) is 1. The van der Waals surface area contributed by atoms with Gasteiger partial charge in [0.25, 0.3) is 0 Å². The first kappa shape index (κ1) is 14.6. The Kier molecular flexibility index (Phi) is 4.55. The molecule has 110 valence electrons. The minimum absolute atomic E-state index is 0.0452. The molecular formula is C14H15N3O4. The van der Waals surface area contributed by atoms with Gasteiger partial charge in [-0.15, -0.1) is 0 Å². The van der Waals surface area contributed by atoms with Gasteiger partial charge in [-0.25, -0.2) is 4.79 Å². The van der Waals surface area contributed by atoms with Crippen molar-refractivity contribution in [3.63, 3.8) is 0 Å². The fourth-order valence-corrected chi connectivity index (χ4v) is 1.71. The molecule has 2 N–H and O–H groups in total. The molecule has 0 aliphatic heterocycles. The van der Waals surface area contributed by atoms with E-state index < -0.39 is 5.97 Å². The van der Waals surface area contributed by atoms with Gasteiger partial charge in [-0.2, -0.15) is 5.10 Å². The highest BCUT2D eigenvalue weighted by molar-refractivity contribution is 5.91. The molecule has 1 heterocycles. The predicted molar refractivity (Wildman–Crippen MR) is 75.4 cm³/mol. The Morgan fingerprint density at radius 1 is 1.33 bits per heavy atom. The molecule has 0 radical (unpaired) electrons. The van der Waals surface area contributed by atoms with Crippen LogP contribution in [-0.4, -0.2) is 33.4 Å². The smallest absolute Gasteiger partial charge is 0.338 e. The van der Waals surface area contributed by atoms with Crippen LogP contribution in [0.5, 0.6) is 5.75 Å². The van der Waals surface area contributed by atoms with Gasteiger partial charge in [0.05, 0.1) is 18.4 Å². The molecule has 1 aromatic heterocycles. The van der Waals surface area contributed by atoms with Crippen LogP contribution in [0.4, 0.5) is 5.69 Å². The summed E-state index contributed by atoms with van der Waals surface area (Å²) >= 11 is 0. The van der Waals surface area contributed by atoms with E-state index in [1.165, 1.54) is 17.1 Å². The van der Waals surface area contributed by atoms with Crippen molar-refractivity contribution in [1.82, 2.24) is 9.78 Å². The van der Waals surface area contributed by atoms with E-state index in [4.69, 9.17) is 9.84 Å². The van der Waals surface area contributed by atoms with Crippen molar-refractivity contribution in [2.75, 3.05) is 11.9 Å². The summed E-state index contributed by atoms with van der Waals surface area (Å²) in [7, 11) is 0. The molecule has 7 nitrogen and oxygen atoms in total. The Labute approximate surface area is 121 Å². The predicted octanol–water partition coefficient (Wildman–Crippen LogP) is 1.62. The van der Waals surface area contributed by atoms with E-state index in [0.29, 0.717) is 12.3 Å². The average Bonchev–Trinajstić information content (AvgIpc) is 2.90. The van der Waals surface area contributed by atoms with E-state index in [2.05, 4.69) is 10.4 Å². The Hall–Kier alpha value is -2.83. The molecule has 0 fully saturated rings. The van der Waals surface area contributed by atoms with Gasteiger partial charge in [-0.1, -0.05) is 0 Å². The number of carboxylic acid groups (broad SMARTS) is 1. The lowest BCUT2D eigenvalue weighted by atomic mass is 10.3. The third kappa shape index (κ3) is 4.07. The summed E-state index contributed by atoms with van der Waals surface area (Å²) in [5.74, 6) is -0.638. The fourth-order valence-electron chi connectivity index (χ4n) is 1.71. The number of carboxylic acids is 1. The third-order valence-electron chi connectivity index (χ3n) is 2.63. The van der Waals surface area contributed by atoms with Crippen molar-refractivity contribution in [1.29, 1.82) is 0 Å². The monoisotopic (exact) mass is 289 g/mol. The van der Waals surface area contributed by atoms with Crippen molar-refractivity contribution in [3.8, 4) is 5.75 Å². The Morgan fingerprint density at radius 3 is 2.62 bits per heavy atom. The van der Waals surface area contributed by atoms with Crippen LogP contribution in [0.25, 0.3) is 0 Å². The first-order chi connectivity index (χ1) is 10.1. The maximum absolute atomic E-state index is 11.8. The van der Waals surface area contributed by atoms with Gasteiger partial charge in [0.2, 0.25) is 5.91 Å². The third-order valence-corrected chi connectivity index (χ3v) is 2.63. The number of carbonyl (C=O) groups is 2. The second kappa shape index (κ2) is 6.56. The highest BCUT2D eigenvalue weighted by Crippen LogP contribution is 2.15. The van der Waals surface area contributed by atoms with E-state index >= 15 is 0 Å². The molecule has 0 spiro atoms. The molecule has 7 heteroatoms. The molecule has 1 amide bonds. The Bertz CT molecular complexity index is 634. The lowest BCUT2D eigenvalue weighted by Crippen LogP contribution is -2.19. The number of nitrogens with zero attached hydrogens (tertiary/aromatic N) is 2. The van der Waals surface area contributed by atoms with Gasteiger partial charge in [0.1, 0.15) is 12.3 Å². The zero-order valence-electron chi connectivity index (χ0n) is 11.4. The number of nitrogens with one attached hydrogen (secondary N) is 1. The maximum Gasteiger partial charge on any atom is 0.338 e. The number of hydrogen-bond acceptors (Lipinski definition) is 4. The minimum atomic E-state index is -1.08. The zero-order chi connectivity index (χ0) is 15.2. The highest BCUT2D eigenvalue weighted by Gasteiger charge is 2.09. The maximum atomic E-state index is 11.8. The zero-order valence-corrected chi connectivity index (χ0v) is 11.4. The molecule has 2 aromatic rings. The lowest BCUT2D eigenvalue weighted by molar-refractivity contribution is -0.116. The average molecular weight is 289 g/mol. The van der Waals surface area contributed by atoms with Crippen molar-refractivity contribution in [2.24, 2.45) is 0 Å². The fraction of sp³-hybridized carbons (Fsp3) is 0.214. The van der Waals surface area contributed by atoms with E-state index in [-0.39, 0.29) is 18.0 Å². The molecule has 0 bridgehead atoms. The quantitative estimate of drug-likeness (QED) is 0.842. The summed E-state index contributed by atoms with van der Waals surface area (Å²) in [6.45, 7) is 2.42. The first-order valence-electron chi connectivity index (χ1n) is 6.37. The minimum Gasteiger partial charge on any atom is -0.494 e. The van der Waals surface area contributed by atoms with Crippen molar-refractivity contribution in [2.45, 2.75) is 13.5 Å². The number of carbonyl (C=O) groups excluding carboxylic acids is 1. The first-order valence-corrected chi connectivity index (χ1v) is 6.37. The lowest BCUT2D eigenvalue weighted by Gasteiger charge is -2.07. The Balaban J connectivity index is 1.92. The SMILES string of the molecule is CCOc1ccc(NC(=O)Cn2cc(C(=O)O)cn2)cc1. The van der Waals surface area contributed by atoms with Crippen LogP contribution < -0.4 is 10.1 Å². The van der Waals surface area contributed by atoms with Gasteiger partial charge >= 0.3 is 5.97 Å². The number of anilines is 1. The van der Waals surface area contributed by atoms with Crippen LogP contribution in [0, 0.1) is 0 Å². The summed E-state index contributed by atoms with van der Waals surface area (Å²) in [5, 5.41) is 15.3. The van der Waals surface area contributed by atoms with E-state index in [1.807, 2.05) is 6.92 Å². The number of aromatic carboxylic acids is 1. The number of amides is 1. The number of rotatable bonds is 6. The summed E-state index contributed by atoms with van der Waals surface area (Å²) in [4.78, 5) is 22.5. The number of benzene rings is 1. The molecule has 0 atom stereocenters. The van der Waals surface area contributed by atoms with Crippen LogP contribution in [-0.2, 0) is 11.3 Å². The second-order valence-corrected chi connectivity index (χ2v) is 4.24. The van der Waals surface area contributed by atoms with Gasteiger partial charge in [0, 0.05) is 11.9 Å². The molecule has 2 rings (SSSR count). The van der Waals surface area contributed by atoms with Crippen molar-refractivity contribution >= 4 is 17.6 Å². The molecule has 0 aliphatic rings. The van der Waals surface area contributed by atoms with Crippen LogP contribution in [0.1, 0.15) is 17.3 Å². The summed E-state index contributed by atoms with van der Waals surface area (Å²) in [6, 6.07) is 6.98. The van der Waals surface area contributed by atoms with Gasteiger partial charge in [0.15, 0.2) is 0 Å². The second-order valence-electron chi connectivity index (χ2n) is 4.24. The summed E-state index contributed by atoms with van der Waals surface area (Å²) < 4.78 is 6.58. The van der Waals surface area contributed by atoms with E-state index in [0.717, 1.165) is 5.75 Å². The van der Waals surface area contributed by atoms with Gasteiger partial charge < -0.3 is 15.2 Å². The topological polar surface area (TPSA) is 93.5 Å². The van der Waals surface area contributed by atoms with Crippen LogP contribution in [0.2, 0.25) is 0 Å². The standard InChI is InChI=1S/C14H15N3O4/c1-2-21-12-5-3-11(4-6-12)16-13(18)9-17-8-10(7-15-17)14(19)20/h3-8H,2,9H2,1H3,(H,16,18)(H,19,20). The molecular weight excluding hydrogens is 274 g/mol. The van der Waals surface area contributed by atoms with Crippen LogP contribution in [0.3, 0.4) is 0 Å². The molecule has 0 saturated carbocycles. The van der Waals surface area contributed by atoms with Gasteiger partial charge in [-0.05, 0) is 31.2 Å². The summed E-state index contributed by atoms with van der Waals surface area (Å²) in [6.07, 6.45) is 2.51. The number of hydrogen-bond donors (Lipinski definition) is 2. The summed E-state index contributed by atoms with van der Waals surface area (Å²) in [5.41, 5.74) is 0.679. The van der Waals surface area contributed by atoms with Crippen LogP contribution >= 0.6 is 0 Å². The van der Waals surface area contributed by atoms with Crippen molar-refractivity contribution < 1.29 is 19.4 Å². The Morgan fingerprint density at radius 2 is 2.05 bits per heavy atom. The van der Waals surface area contributed by atoms with E-state index in [1.54, 1.807) is 24.3 Å². The van der Waals surface area contributed by atoms with Crippen molar-refractivity contribution in [3.05, 3.63) is 42.2 Å². The molecule has 0 aliphatic carbocycles. The number of aromatic nitrogens is 2. The largest absolute Gasteiger partial charge is 0.494 e. The van der Waals surface area contributed by atoms with Gasteiger partial charge in [-0.3, -0.25) is 9.48 Å². The van der Waals surface area contributed by atoms with Crippen LogP contribution in [0.15, 0.2) is 36.7 Å².